The van der Waals surface area contributed by atoms with Crippen molar-refractivity contribution in [3.8, 4) is 0 Å². The maximum Gasteiger partial charge on any atom is 0.311 e. The first-order valence-corrected chi connectivity index (χ1v) is 7.01. The van der Waals surface area contributed by atoms with Crippen LogP contribution in [0, 0.1) is 21.4 Å². The van der Waals surface area contributed by atoms with Gasteiger partial charge in [-0.15, -0.1) is 0 Å². The van der Waals surface area contributed by atoms with Gasteiger partial charge in [0.05, 0.1) is 23.6 Å². The molecule has 1 saturated carbocycles. The van der Waals surface area contributed by atoms with Crippen molar-refractivity contribution < 1.29 is 23.2 Å². The molecule has 0 aliphatic heterocycles. The minimum absolute atomic E-state index is 0.147. The number of hydrogen-bond donors (Lipinski definition) is 2. The number of allylic oxidation sites excluding steroid dienone is 1. The first-order valence-electron chi connectivity index (χ1n) is 7.01. The molecule has 0 atom stereocenters. The molecule has 9 heteroatoms. The minimum atomic E-state index is -3.20. The number of nitro groups is 1. The minimum Gasteiger partial charge on any atom is -0.466 e. The van der Waals surface area contributed by atoms with Gasteiger partial charge in [-0.1, -0.05) is 0 Å². The molecule has 0 amide bonds. The van der Waals surface area contributed by atoms with E-state index in [2.05, 4.69) is 5.32 Å². The summed E-state index contributed by atoms with van der Waals surface area (Å²) in [5, 5.41) is 20.4. The summed E-state index contributed by atoms with van der Waals surface area (Å²) < 4.78 is 29.7. The second kappa shape index (κ2) is 8.40. The SMILES string of the molecule is CCOC(=O)C1CCC(N/C=C(\C(=N)C(F)F)[N+](=O)[O-])CC1. The van der Waals surface area contributed by atoms with Crippen LogP contribution in [0.2, 0.25) is 0 Å². The molecule has 1 rings (SSSR count). The van der Waals surface area contributed by atoms with E-state index in [-0.39, 0.29) is 17.9 Å². The normalized spacial score (nSPS) is 22.3. The van der Waals surface area contributed by atoms with Crippen LogP contribution in [0.15, 0.2) is 11.9 Å². The molecule has 22 heavy (non-hydrogen) atoms. The molecule has 0 aromatic heterocycles. The van der Waals surface area contributed by atoms with Gasteiger partial charge in [0.25, 0.3) is 6.43 Å². The van der Waals surface area contributed by atoms with Gasteiger partial charge < -0.3 is 10.1 Å². The number of ether oxygens (including phenoxy) is 1. The molecule has 0 saturated heterocycles. The van der Waals surface area contributed by atoms with E-state index in [9.17, 15) is 23.7 Å². The zero-order chi connectivity index (χ0) is 16.7. The van der Waals surface area contributed by atoms with E-state index in [1.807, 2.05) is 0 Å². The van der Waals surface area contributed by atoms with Gasteiger partial charge in [-0.2, -0.15) is 0 Å². The Bertz CT molecular complexity index is 460. The number of carbonyl (C=O) groups excluding carboxylic acids is 1. The summed E-state index contributed by atoms with van der Waals surface area (Å²) in [7, 11) is 0. The first kappa shape index (κ1) is 18.0. The summed E-state index contributed by atoms with van der Waals surface area (Å²) in [4.78, 5) is 21.3. The Morgan fingerprint density at radius 3 is 2.50 bits per heavy atom. The second-order valence-corrected chi connectivity index (χ2v) is 4.97. The lowest BCUT2D eigenvalue weighted by atomic mass is 9.86. The molecule has 0 aromatic carbocycles. The van der Waals surface area contributed by atoms with E-state index in [1.54, 1.807) is 6.92 Å². The largest absolute Gasteiger partial charge is 0.466 e. The molecule has 1 aliphatic carbocycles. The van der Waals surface area contributed by atoms with E-state index >= 15 is 0 Å². The van der Waals surface area contributed by atoms with Gasteiger partial charge >= 0.3 is 11.7 Å². The van der Waals surface area contributed by atoms with Crippen molar-refractivity contribution in [1.29, 1.82) is 5.41 Å². The van der Waals surface area contributed by atoms with Crippen molar-refractivity contribution in [1.82, 2.24) is 5.32 Å². The van der Waals surface area contributed by atoms with Crippen LogP contribution in [0.5, 0.6) is 0 Å². The molecular weight excluding hydrogens is 300 g/mol. The standard InChI is InChI=1S/C13H19F2N3O4/c1-2-22-13(19)8-3-5-9(6-4-8)17-7-10(18(20)21)11(16)12(14)15/h7-9,12,16-17H,2-6H2,1H3/b10-7+,16-11?. The zero-order valence-corrected chi connectivity index (χ0v) is 12.2. The predicted molar refractivity (Wildman–Crippen MR) is 74.3 cm³/mol. The fourth-order valence-electron chi connectivity index (χ4n) is 2.29. The fourth-order valence-corrected chi connectivity index (χ4v) is 2.29. The second-order valence-electron chi connectivity index (χ2n) is 4.97. The molecule has 1 aliphatic rings. The van der Waals surface area contributed by atoms with Gasteiger partial charge in [-0.05, 0) is 32.6 Å². The van der Waals surface area contributed by atoms with Gasteiger partial charge in [0.2, 0.25) is 0 Å². The van der Waals surface area contributed by atoms with E-state index in [4.69, 9.17) is 10.1 Å². The number of halogens is 2. The number of hydrogen-bond acceptors (Lipinski definition) is 6. The molecule has 124 valence electrons. The molecule has 0 spiro atoms. The smallest absolute Gasteiger partial charge is 0.311 e. The van der Waals surface area contributed by atoms with Crippen molar-refractivity contribution in [2.45, 2.75) is 45.1 Å². The van der Waals surface area contributed by atoms with Crippen LogP contribution in [0.1, 0.15) is 32.6 Å². The van der Waals surface area contributed by atoms with Crippen LogP contribution in [0.3, 0.4) is 0 Å². The summed E-state index contributed by atoms with van der Waals surface area (Å²) >= 11 is 0. The number of rotatable bonds is 7. The average Bonchev–Trinajstić information content (AvgIpc) is 2.47. The van der Waals surface area contributed by atoms with Gasteiger partial charge in [-0.3, -0.25) is 20.3 Å². The quantitative estimate of drug-likeness (QED) is 0.323. The third-order valence-corrected chi connectivity index (χ3v) is 3.49. The zero-order valence-electron chi connectivity index (χ0n) is 12.2. The summed E-state index contributed by atoms with van der Waals surface area (Å²) in [6, 6.07) is -0.147. The van der Waals surface area contributed by atoms with Gasteiger partial charge in [0, 0.05) is 6.04 Å². The molecule has 0 aromatic rings. The van der Waals surface area contributed by atoms with E-state index in [0.717, 1.165) is 6.20 Å². The Morgan fingerprint density at radius 2 is 2.05 bits per heavy atom. The van der Waals surface area contributed by atoms with Crippen molar-refractivity contribution >= 4 is 11.7 Å². The van der Waals surface area contributed by atoms with Crippen LogP contribution in [0.4, 0.5) is 8.78 Å². The van der Waals surface area contributed by atoms with Crippen LogP contribution in [-0.4, -0.2) is 35.7 Å². The van der Waals surface area contributed by atoms with Crippen LogP contribution >= 0.6 is 0 Å². The number of nitrogens with zero attached hydrogens (tertiary/aromatic N) is 1. The summed E-state index contributed by atoms with van der Waals surface area (Å²) in [6.45, 7) is 2.05. The Morgan fingerprint density at radius 1 is 1.45 bits per heavy atom. The Hall–Kier alpha value is -2.06. The highest BCUT2D eigenvalue weighted by Crippen LogP contribution is 2.25. The van der Waals surface area contributed by atoms with Gasteiger partial charge in [0.1, 0.15) is 0 Å². The highest BCUT2D eigenvalue weighted by Gasteiger charge is 2.29. The highest BCUT2D eigenvalue weighted by molar-refractivity contribution is 5.97. The maximum absolute atomic E-state index is 12.4. The summed E-state index contributed by atoms with van der Waals surface area (Å²) in [5.74, 6) is -0.432. The number of carbonyl (C=O) groups is 1. The van der Waals surface area contributed by atoms with Crippen LogP contribution in [0.25, 0.3) is 0 Å². The van der Waals surface area contributed by atoms with E-state index in [1.165, 1.54) is 0 Å². The summed E-state index contributed by atoms with van der Waals surface area (Å²) in [5.41, 5.74) is -2.26. The topological polar surface area (TPSA) is 105 Å². The maximum atomic E-state index is 12.4. The molecule has 2 N–H and O–H groups in total. The van der Waals surface area contributed by atoms with E-state index in [0.29, 0.717) is 32.3 Å². The lowest BCUT2D eigenvalue weighted by Crippen LogP contribution is -2.34. The van der Waals surface area contributed by atoms with Crippen molar-refractivity contribution in [3.05, 3.63) is 22.0 Å². The highest BCUT2D eigenvalue weighted by atomic mass is 19.3. The predicted octanol–water partition coefficient (Wildman–Crippen LogP) is 2.10. The molecule has 0 heterocycles. The molecular formula is C13H19F2N3O4. The molecule has 0 bridgehead atoms. The average molecular weight is 319 g/mol. The lowest BCUT2D eigenvalue weighted by molar-refractivity contribution is -0.416. The Labute approximate surface area is 126 Å². The number of esters is 1. The van der Waals surface area contributed by atoms with Gasteiger partial charge in [0.15, 0.2) is 5.71 Å². The number of alkyl halides is 2. The molecule has 0 unspecified atom stereocenters. The van der Waals surface area contributed by atoms with Crippen molar-refractivity contribution in [2.24, 2.45) is 5.92 Å². The van der Waals surface area contributed by atoms with Crippen molar-refractivity contribution in [2.75, 3.05) is 6.61 Å². The molecule has 7 nitrogen and oxygen atoms in total. The van der Waals surface area contributed by atoms with Crippen LogP contribution < -0.4 is 5.32 Å². The molecule has 0 radical (unpaired) electrons. The lowest BCUT2D eigenvalue weighted by Gasteiger charge is -2.27. The van der Waals surface area contributed by atoms with Gasteiger partial charge in [-0.25, -0.2) is 8.78 Å². The summed E-state index contributed by atoms with van der Waals surface area (Å²) in [6.07, 6.45) is -0.0448. The molecule has 1 fully saturated rings. The monoisotopic (exact) mass is 319 g/mol. The third-order valence-electron chi connectivity index (χ3n) is 3.49. The Kier molecular flexibility index (Phi) is 6.87. The Balaban J connectivity index is 2.55. The van der Waals surface area contributed by atoms with Crippen molar-refractivity contribution in [3.63, 3.8) is 0 Å². The third kappa shape index (κ3) is 5.05. The number of nitrogens with one attached hydrogen (secondary N) is 2. The first-order chi connectivity index (χ1) is 10.4. The fraction of sp³-hybridized carbons (Fsp3) is 0.692. The van der Waals surface area contributed by atoms with E-state index < -0.39 is 22.8 Å². The van der Waals surface area contributed by atoms with Crippen LogP contribution in [-0.2, 0) is 9.53 Å².